The summed E-state index contributed by atoms with van der Waals surface area (Å²) in [5.41, 5.74) is 0.576. The summed E-state index contributed by atoms with van der Waals surface area (Å²) in [6.45, 7) is 3.32. The number of aliphatic hydroxyl groups excluding tert-OH is 1. The Balaban J connectivity index is 1.73. The maximum atomic E-state index is 13.2. The molecule has 7 heteroatoms. The van der Waals surface area contributed by atoms with Crippen LogP contribution in [0.2, 0.25) is 0 Å². The number of likely N-dealkylation sites (N-methyl/N-ethyl adjacent to an activating group) is 2. The Bertz CT molecular complexity index is 835. The van der Waals surface area contributed by atoms with Gasteiger partial charge in [-0.3, -0.25) is 4.79 Å². The van der Waals surface area contributed by atoms with Gasteiger partial charge in [-0.05, 0) is 52.1 Å². The number of rotatable bonds is 7. The van der Waals surface area contributed by atoms with Crippen LogP contribution in [0, 0.1) is 6.92 Å². The third-order valence-corrected chi connectivity index (χ3v) is 5.96. The predicted molar refractivity (Wildman–Crippen MR) is 117 cm³/mol. The van der Waals surface area contributed by atoms with E-state index >= 15 is 0 Å². The number of aryl methyl sites for hydroxylation is 1. The number of hydrogen-bond donors (Lipinski definition) is 1. The van der Waals surface area contributed by atoms with Crippen LogP contribution in [0.3, 0.4) is 0 Å². The number of amides is 1. The number of carbonyl (C=O) groups excluding carboxylic acids is 1. The number of carbonyl (C=O) groups is 1. The zero-order valence-electron chi connectivity index (χ0n) is 18.5. The molecule has 1 aliphatic carbocycles. The van der Waals surface area contributed by atoms with Crippen molar-refractivity contribution >= 4 is 5.91 Å². The van der Waals surface area contributed by atoms with Gasteiger partial charge in [0, 0.05) is 31.5 Å². The van der Waals surface area contributed by atoms with Gasteiger partial charge in [-0.25, -0.2) is 4.98 Å². The van der Waals surface area contributed by atoms with Crippen molar-refractivity contribution in [3.05, 3.63) is 48.0 Å². The lowest BCUT2D eigenvalue weighted by Crippen LogP contribution is -2.47. The van der Waals surface area contributed by atoms with E-state index < -0.39 is 6.10 Å². The summed E-state index contributed by atoms with van der Waals surface area (Å²) in [4.78, 5) is 21.3. The fraction of sp³-hybridized carbons (Fsp3) is 0.565. The molecular formula is C23H34N4O3. The van der Waals surface area contributed by atoms with E-state index in [2.05, 4.69) is 9.88 Å². The zero-order chi connectivity index (χ0) is 21.7. The maximum absolute atomic E-state index is 13.2. The zero-order valence-corrected chi connectivity index (χ0v) is 18.5. The van der Waals surface area contributed by atoms with E-state index in [1.807, 2.05) is 43.9 Å². The summed E-state index contributed by atoms with van der Waals surface area (Å²) >= 11 is 0. The first-order valence-corrected chi connectivity index (χ1v) is 10.7. The molecule has 1 aromatic heterocycles. The summed E-state index contributed by atoms with van der Waals surface area (Å²) in [7, 11) is 5.78. The number of imidazole rings is 1. The van der Waals surface area contributed by atoms with Crippen molar-refractivity contribution in [3.8, 4) is 5.75 Å². The minimum atomic E-state index is -0.645. The van der Waals surface area contributed by atoms with E-state index in [-0.39, 0.29) is 18.0 Å². The lowest BCUT2D eigenvalue weighted by atomic mass is 9.99. The van der Waals surface area contributed by atoms with Crippen LogP contribution in [-0.4, -0.2) is 76.8 Å². The molecule has 30 heavy (non-hydrogen) atoms. The van der Waals surface area contributed by atoms with Gasteiger partial charge in [-0.15, -0.1) is 0 Å². The SMILES string of the molecule is Cc1nccn1[C@@H]1CCCC[C@@H](N(C)C(=O)c2cccc(OCCN(C)C)c2)[C@H]1O. The number of ether oxygens (including phenoxy) is 1. The molecule has 1 fully saturated rings. The smallest absolute Gasteiger partial charge is 0.254 e. The molecule has 0 saturated heterocycles. The van der Waals surface area contributed by atoms with Gasteiger partial charge in [0.05, 0.1) is 18.2 Å². The van der Waals surface area contributed by atoms with Crippen LogP contribution in [-0.2, 0) is 0 Å². The quantitative estimate of drug-likeness (QED) is 0.706. The minimum Gasteiger partial charge on any atom is -0.492 e. The van der Waals surface area contributed by atoms with E-state index in [1.165, 1.54) is 0 Å². The van der Waals surface area contributed by atoms with Gasteiger partial charge in [0.25, 0.3) is 5.91 Å². The molecule has 1 saturated carbocycles. The lowest BCUT2D eigenvalue weighted by molar-refractivity contribution is 0.0225. The summed E-state index contributed by atoms with van der Waals surface area (Å²) in [6.07, 6.45) is 6.71. The van der Waals surface area contributed by atoms with Crippen LogP contribution in [0.25, 0.3) is 0 Å². The molecule has 0 spiro atoms. The fourth-order valence-electron chi connectivity index (χ4n) is 4.19. The first-order valence-electron chi connectivity index (χ1n) is 10.7. The molecule has 0 unspecified atom stereocenters. The number of hydrogen-bond acceptors (Lipinski definition) is 5. The normalized spacial score (nSPS) is 22.0. The maximum Gasteiger partial charge on any atom is 0.254 e. The van der Waals surface area contributed by atoms with Crippen LogP contribution in [0.1, 0.15) is 47.9 Å². The molecule has 1 N–H and O–H groups in total. The van der Waals surface area contributed by atoms with E-state index in [9.17, 15) is 9.90 Å². The predicted octanol–water partition coefficient (Wildman–Crippen LogP) is 2.75. The highest BCUT2D eigenvalue weighted by atomic mass is 16.5. The van der Waals surface area contributed by atoms with Crippen molar-refractivity contribution in [2.75, 3.05) is 34.3 Å². The Hall–Kier alpha value is -2.38. The molecule has 0 aliphatic heterocycles. The van der Waals surface area contributed by atoms with Gasteiger partial charge in [0.15, 0.2) is 0 Å². The Morgan fingerprint density at radius 1 is 1.27 bits per heavy atom. The van der Waals surface area contributed by atoms with E-state index in [0.717, 1.165) is 38.1 Å². The molecule has 164 valence electrons. The molecule has 1 heterocycles. The Kier molecular flexibility index (Phi) is 7.50. The second-order valence-electron chi connectivity index (χ2n) is 8.39. The summed E-state index contributed by atoms with van der Waals surface area (Å²) < 4.78 is 7.82. The monoisotopic (exact) mass is 414 g/mol. The molecule has 1 aromatic carbocycles. The van der Waals surface area contributed by atoms with Crippen molar-refractivity contribution in [2.24, 2.45) is 0 Å². The molecule has 0 radical (unpaired) electrons. The Morgan fingerprint density at radius 3 is 2.73 bits per heavy atom. The second-order valence-corrected chi connectivity index (χ2v) is 8.39. The van der Waals surface area contributed by atoms with Crippen molar-refractivity contribution in [3.63, 3.8) is 0 Å². The largest absolute Gasteiger partial charge is 0.492 e. The van der Waals surface area contributed by atoms with Crippen LogP contribution in [0.4, 0.5) is 0 Å². The van der Waals surface area contributed by atoms with Gasteiger partial charge in [0.2, 0.25) is 0 Å². The molecule has 1 aliphatic rings. The standard InChI is InChI=1S/C23H34N4O3/c1-17-24-12-13-27(17)21-11-6-5-10-20(22(21)28)26(4)23(29)18-8-7-9-19(16-18)30-15-14-25(2)3/h7-9,12-13,16,20-22,28H,5-6,10-11,14-15H2,1-4H3/t20-,21-,22-/m1/s1. The van der Waals surface area contributed by atoms with Crippen LogP contribution >= 0.6 is 0 Å². The van der Waals surface area contributed by atoms with Crippen molar-refractivity contribution in [1.82, 2.24) is 19.4 Å². The molecule has 1 amide bonds. The van der Waals surface area contributed by atoms with Crippen molar-refractivity contribution in [2.45, 2.75) is 50.8 Å². The number of aliphatic hydroxyl groups is 1. The molecule has 3 rings (SSSR count). The van der Waals surface area contributed by atoms with E-state index in [4.69, 9.17) is 4.74 Å². The van der Waals surface area contributed by atoms with E-state index in [0.29, 0.717) is 17.9 Å². The Morgan fingerprint density at radius 2 is 2.03 bits per heavy atom. The van der Waals surface area contributed by atoms with Gasteiger partial charge < -0.3 is 24.2 Å². The fourth-order valence-corrected chi connectivity index (χ4v) is 4.19. The van der Waals surface area contributed by atoms with Crippen molar-refractivity contribution in [1.29, 1.82) is 0 Å². The highest BCUT2D eigenvalue weighted by Gasteiger charge is 2.36. The number of benzene rings is 1. The van der Waals surface area contributed by atoms with Gasteiger partial charge in [0.1, 0.15) is 18.2 Å². The topological polar surface area (TPSA) is 70.8 Å². The lowest BCUT2D eigenvalue weighted by Gasteiger charge is -2.35. The average Bonchev–Trinajstić information content (AvgIpc) is 3.05. The molecule has 0 bridgehead atoms. The summed E-state index contributed by atoms with van der Waals surface area (Å²) in [5, 5.41) is 11.2. The van der Waals surface area contributed by atoms with Crippen molar-refractivity contribution < 1.29 is 14.6 Å². The molecule has 7 nitrogen and oxygen atoms in total. The highest BCUT2D eigenvalue weighted by Crippen LogP contribution is 2.31. The summed E-state index contributed by atoms with van der Waals surface area (Å²) in [5.74, 6) is 1.47. The first-order chi connectivity index (χ1) is 14.4. The molecule has 3 atom stereocenters. The first kappa shape index (κ1) is 22.3. The molecule has 2 aromatic rings. The second kappa shape index (κ2) is 10.1. The number of nitrogens with zero attached hydrogens (tertiary/aromatic N) is 4. The third kappa shape index (κ3) is 5.21. The summed E-state index contributed by atoms with van der Waals surface area (Å²) in [6, 6.07) is 6.98. The highest BCUT2D eigenvalue weighted by molar-refractivity contribution is 5.94. The van der Waals surface area contributed by atoms with Crippen LogP contribution in [0.5, 0.6) is 5.75 Å². The van der Waals surface area contributed by atoms with Gasteiger partial charge in [-0.2, -0.15) is 0 Å². The number of aromatic nitrogens is 2. The van der Waals surface area contributed by atoms with Crippen LogP contribution in [0.15, 0.2) is 36.7 Å². The van der Waals surface area contributed by atoms with Gasteiger partial charge >= 0.3 is 0 Å². The van der Waals surface area contributed by atoms with Gasteiger partial charge in [-0.1, -0.05) is 18.9 Å². The molecular weight excluding hydrogens is 380 g/mol. The Labute approximate surface area is 179 Å². The van der Waals surface area contributed by atoms with E-state index in [1.54, 1.807) is 30.3 Å². The third-order valence-electron chi connectivity index (χ3n) is 5.96. The average molecular weight is 415 g/mol. The minimum absolute atomic E-state index is 0.0732. The van der Waals surface area contributed by atoms with Crippen LogP contribution < -0.4 is 4.74 Å².